The second kappa shape index (κ2) is 5.53. The molecule has 0 aliphatic heterocycles. The van der Waals surface area contributed by atoms with Crippen molar-refractivity contribution >= 4 is 46.6 Å². The minimum Gasteiger partial charge on any atom is -0.476 e. The number of hydrogen-bond donors (Lipinski definition) is 1. The van der Waals surface area contributed by atoms with E-state index in [1.54, 1.807) is 0 Å². The van der Waals surface area contributed by atoms with E-state index in [-0.39, 0.29) is 12.8 Å². The molecule has 1 aromatic rings. The Balaban J connectivity index is 2.82. The Morgan fingerprint density at radius 1 is 1.12 bits per heavy atom. The van der Waals surface area contributed by atoms with Gasteiger partial charge in [0.2, 0.25) is 5.78 Å². The van der Waals surface area contributed by atoms with Crippen molar-refractivity contribution in [2.45, 2.75) is 12.8 Å². The number of benzene rings is 1. The predicted molar refractivity (Wildman–Crippen MR) is 62.4 cm³/mol. The fourth-order valence-corrected chi connectivity index (χ4v) is 2.16. The van der Waals surface area contributed by atoms with Gasteiger partial charge in [0, 0.05) is 21.5 Å². The van der Waals surface area contributed by atoms with Gasteiger partial charge in [-0.05, 0) is 24.1 Å². The minimum absolute atomic E-state index is 0.142. The van der Waals surface area contributed by atoms with Crippen molar-refractivity contribution < 1.29 is 14.7 Å². The average Bonchev–Trinajstić information content (AvgIpc) is 2.15. The van der Waals surface area contributed by atoms with E-state index in [1.165, 1.54) is 12.1 Å². The van der Waals surface area contributed by atoms with Gasteiger partial charge in [0.15, 0.2) is 0 Å². The Hall–Kier alpha value is -0.770. The molecular weight excluding hydrogens is 274 g/mol. The van der Waals surface area contributed by atoms with Crippen molar-refractivity contribution in [3.05, 3.63) is 32.8 Å². The summed E-state index contributed by atoms with van der Waals surface area (Å²) in [5.74, 6) is -2.33. The molecule has 0 aliphatic rings. The number of carboxylic acids is 1. The number of ketones is 1. The summed E-state index contributed by atoms with van der Waals surface area (Å²) < 4.78 is 0. The number of rotatable bonds is 4. The van der Waals surface area contributed by atoms with Crippen molar-refractivity contribution in [2.75, 3.05) is 0 Å². The lowest BCUT2D eigenvalue weighted by Crippen LogP contribution is -2.13. The van der Waals surface area contributed by atoms with Gasteiger partial charge in [-0.2, -0.15) is 0 Å². The number of halogens is 3. The molecule has 0 atom stereocenters. The van der Waals surface area contributed by atoms with Crippen molar-refractivity contribution in [2.24, 2.45) is 0 Å². The van der Waals surface area contributed by atoms with Crippen LogP contribution in [0.25, 0.3) is 0 Å². The number of hydrogen-bond acceptors (Lipinski definition) is 2. The van der Waals surface area contributed by atoms with Crippen LogP contribution in [0.5, 0.6) is 0 Å². The highest BCUT2D eigenvalue weighted by atomic mass is 35.5. The summed E-state index contributed by atoms with van der Waals surface area (Å²) in [5.41, 5.74) is 0.530. The molecule has 0 radical (unpaired) electrons. The maximum atomic E-state index is 10.9. The molecule has 0 bridgehead atoms. The maximum Gasteiger partial charge on any atom is 0.372 e. The van der Waals surface area contributed by atoms with E-state index in [1.807, 2.05) is 0 Å². The smallest absolute Gasteiger partial charge is 0.372 e. The van der Waals surface area contributed by atoms with Crippen molar-refractivity contribution in [3.8, 4) is 0 Å². The van der Waals surface area contributed by atoms with Crippen LogP contribution in [0.4, 0.5) is 0 Å². The third-order valence-electron chi connectivity index (χ3n) is 1.95. The molecule has 6 heteroatoms. The summed E-state index contributed by atoms with van der Waals surface area (Å²) >= 11 is 17.4. The predicted octanol–water partition coefficient (Wildman–Crippen LogP) is 3.23. The van der Waals surface area contributed by atoms with Gasteiger partial charge in [-0.25, -0.2) is 4.79 Å². The zero-order valence-electron chi connectivity index (χ0n) is 7.97. The Morgan fingerprint density at radius 2 is 1.62 bits per heavy atom. The molecule has 16 heavy (non-hydrogen) atoms. The van der Waals surface area contributed by atoms with Gasteiger partial charge in [0.25, 0.3) is 0 Å². The largest absolute Gasteiger partial charge is 0.476 e. The van der Waals surface area contributed by atoms with E-state index >= 15 is 0 Å². The SMILES string of the molecule is O=C(O)C(=O)CCc1c(Cl)cc(Cl)cc1Cl. The Morgan fingerprint density at radius 3 is 2.06 bits per heavy atom. The molecular formula is C10H7Cl3O3. The molecule has 3 nitrogen and oxygen atoms in total. The van der Waals surface area contributed by atoms with Gasteiger partial charge in [0.05, 0.1) is 0 Å². The van der Waals surface area contributed by atoms with Crippen LogP contribution in [0.2, 0.25) is 15.1 Å². The first kappa shape index (κ1) is 13.3. The quantitative estimate of drug-likeness (QED) is 0.862. The van der Waals surface area contributed by atoms with Gasteiger partial charge in [-0.1, -0.05) is 34.8 Å². The van der Waals surface area contributed by atoms with Gasteiger partial charge in [-0.15, -0.1) is 0 Å². The first-order valence-corrected chi connectivity index (χ1v) is 5.44. The first-order chi connectivity index (χ1) is 7.41. The van der Waals surface area contributed by atoms with Crippen LogP contribution in [-0.4, -0.2) is 16.9 Å². The van der Waals surface area contributed by atoms with Gasteiger partial charge >= 0.3 is 5.97 Å². The third-order valence-corrected chi connectivity index (χ3v) is 2.84. The Kier molecular flexibility index (Phi) is 4.59. The van der Waals surface area contributed by atoms with E-state index in [9.17, 15) is 9.59 Å². The highest BCUT2D eigenvalue weighted by Crippen LogP contribution is 2.29. The number of carbonyl (C=O) groups is 2. The lowest BCUT2D eigenvalue weighted by atomic mass is 10.1. The second-order valence-corrected chi connectivity index (χ2v) is 4.33. The molecule has 0 heterocycles. The fraction of sp³-hybridized carbons (Fsp3) is 0.200. The van der Waals surface area contributed by atoms with Crippen LogP contribution >= 0.6 is 34.8 Å². The van der Waals surface area contributed by atoms with Crippen LogP contribution in [0.3, 0.4) is 0 Å². The van der Waals surface area contributed by atoms with E-state index in [0.29, 0.717) is 20.6 Å². The molecule has 0 spiro atoms. The molecule has 1 aromatic carbocycles. The summed E-state index contributed by atoms with van der Waals surface area (Å²) in [5, 5.41) is 9.46. The summed E-state index contributed by atoms with van der Waals surface area (Å²) in [4.78, 5) is 21.2. The van der Waals surface area contributed by atoms with Crippen LogP contribution in [0.1, 0.15) is 12.0 Å². The van der Waals surface area contributed by atoms with Crippen LogP contribution in [-0.2, 0) is 16.0 Å². The van der Waals surface area contributed by atoms with E-state index in [4.69, 9.17) is 39.9 Å². The van der Waals surface area contributed by atoms with Crippen LogP contribution in [0, 0.1) is 0 Å². The zero-order valence-corrected chi connectivity index (χ0v) is 10.2. The summed E-state index contributed by atoms with van der Waals surface area (Å²) in [6, 6.07) is 2.99. The number of carbonyl (C=O) groups excluding carboxylic acids is 1. The highest BCUT2D eigenvalue weighted by Gasteiger charge is 2.14. The minimum atomic E-state index is -1.46. The molecule has 0 saturated carbocycles. The zero-order chi connectivity index (χ0) is 12.3. The van der Waals surface area contributed by atoms with Crippen LogP contribution in [0.15, 0.2) is 12.1 Å². The normalized spacial score (nSPS) is 10.2. The number of carboxylic acid groups (broad SMARTS) is 1. The third kappa shape index (κ3) is 3.37. The van der Waals surface area contributed by atoms with Gasteiger partial charge in [0.1, 0.15) is 0 Å². The lowest BCUT2D eigenvalue weighted by molar-refractivity contribution is -0.149. The summed E-state index contributed by atoms with van der Waals surface area (Å²) in [6.45, 7) is 0. The molecule has 0 aliphatic carbocycles. The molecule has 0 fully saturated rings. The topological polar surface area (TPSA) is 54.4 Å². The Bertz CT molecular complexity index is 420. The van der Waals surface area contributed by atoms with Gasteiger partial charge < -0.3 is 5.11 Å². The van der Waals surface area contributed by atoms with E-state index < -0.39 is 11.8 Å². The summed E-state index contributed by atoms with van der Waals surface area (Å²) in [6.07, 6.45) is 0.0381. The Labute approximate surface area is 107 Å². The molecule has 0 saturated heterocycles. The number of Topliss-reactive ketones (excluding diaryl/α,β-unsaturated/α-hetero) is 1. The highest BCUT2D eigenvalue weighted by molar-refractivity contribution is 6.39. The van der Waals surface area contributed by atoms with Gasteiger partial charge in [-0.3, -0.25) is 4.79 Å². The van der Waals surface area contributed by atoms with Crippen LogP contribution < -0.4 is 0 Å². The summed E-state index contributed by atoms with van der Waals surface area (Å²) in [7, 11) is 0. The maximum absolute atomic E-state index is 10.9. The second-order valence-electron chi connectivity index (χ2n) is 3.08. The molecule has 1 rings (SSSR count). The molecule has 86 valence electrons. The van der Waals surface area contributed by atoms with Crippen molar-refractivity contribution in [1.82, 2.24) is 0 Å². The number of aliphatic carboxylic acids is 1. The first-order valence-electron chi connectivity index (χ1n) is 4.31. The van der Waals surface area contributed by atoms with Crippen molar-refractivity contribution in [3.63, 3.8) is 0 Å². The fourth-order valence-electron chi connectivity index (χ4n) is 1.16. The van der Waals surface area contributed by atoms with E-state index in [0.717, 1.165) is 0 Å². The molecule has 0 aromatic heterocycles. The average molecular weight is 282 g/mol. The van der Waals surface area contributed by atoms with Crippen molar-refractivity contribution in [1.29, 1.82) is 0 Å². The molecule has 1 N–H and O–H groups in total. The monoisotopic (exact) mass is 280 g/mol. The standard InChI is InChI=1S/C10H7Cl3O3/c11-5-3-7(12)6(8(13)4-5)1-2-9(14)10(15)16/h3-4H,1-2H2,(H,15,16). The lowest BCUT2D eigenvalue weighted by Gasteiger charge is -2.06. The molecule has 0 amide bonds. The van der Waals surface area contributed by atoms with E-state index in [2.05, 4.69) is 0 Å². The molecule has 0 unspecified atom stereocenters.